The third-order valence-corrected chi connectivity index (χ3v) is 9.98. The summed E-state index contributed by atoms with van der Waals surface area (Å²) in [6.45, 7) is 13.0. The van der Waals surface area contributed by atoms with E-state index < -0.39 is 19.3 Å². The van der Waals surface area contributed by atoms with Gasteiger partial charge in [-0.2, -0.15) is 0 Å². The third kappa shape index (κ3) is 6.48. The highest BCUT2D eigenvalue weighted by atomic mass is 31.2. The van der Waals surface area contributed by atoms with E-state index in [1.165, 1.54) is 12.1 Å². The van der Waals surface area contributed by atoms with E-state index in [0.717, 1.165) is 38.5 Å². The van der Waals surface area contributed by atoms with Crippen molar-refractivity contribution in [3.05, 3.63) is 35.6 Å². The minimum atomic E-state index is -4.09. The van der Waals surface area contributed by atoms with Gasteiger partial charge in [-0.1, -0.05) is 72.6 Å². The number of benzene rings is 1. The summed E-state index contributed by atoms with van der Waals surface area (Å²) in [5, 5.41) is 11.3. The molecule has 33 heavy (non-hydrogen) atoms. The SMILES string of the molecule is CC(C)[C@H]1CC[C@H](C)C[C@H]1OP(=O)(O[C@@H]1C[C@@H](C)CC[C@@H]1C(C)C)[C@H](O)c1ccccc1F. The molecule has 4 nitrogen and oxygen atoms in total. The summed E-state index contributed by atoms with van der Waals surface area (Å²) in [7, 11) is -4.09. The molecule has 2 saturated carbocycles. The van der Waals surface area contributed by atoms with Crippen molar-refractivity contribution in [2.75, 3.05) is 0 Å². The molecule has 188 valence electrons. The molecule has 6 heteroatoms. The Balaban J connectivity index is 1.96. The van der Waals surface area contributed by atoms with Crippen LogP contribution in [0.15, 0.2) is 24.3 Å². The van der Waals surface area contributed by atoms with Gasteiger partial charge in [0.05, 0.1) is 12.2 Å². The summed E-state index contributed by atoms with van der Waals surface area (Å²) in [5.41, 5.74) is -0.0178. The van der Waals surface area contributed by atoms with Crippen molar-refractivity contribution in [3.63, 3.8) is 0 Å². The van der Waals surface area contributed by atoms with Crippen LogP contribution in [0.4, 0.5) is 4.39 Å². The van der Waals surface area contributed by atoms with Gasteiger partial charge in [-0.05, 0) is 67.3 Å². The lowest BCUT2D eigenvalue weighted by Gasteiger charge is -2.42. The average molecular weight is 483 g/mol. The van der Waals surface area contributed by atoms with Crippen LogP contribution in [0.1, 0.15) is 91.5 Å². The minimum absolute atomic E-state index is 0.0178. The molecule has 2 fully saturated rings. The van der Waals surface area contributed by atoms with Crippen LogP contribution in [0.25, 0.3) is 0 Å². The van der Waals surface area contributed by atoms with Crippen LogP contribution >= 0.6 is 7.60 Å². The van der Waals surface area contributed by atoms with E-state index in [9.17, 15) is 14.1 Å². The van der Waals surface area contributed by atoms with Gasteiger partial charge >= 0.3 is 7.60 Å². The van der Waals surface area contributed by atoms with Gasteiger partial charge in [0, 0.05) is 5.56 Å². The summed E-state index contributed by atoms with van der Waals surface area (Å²) in [6.07, 6.45) is 5.20. The van der Waals surface area contributed by atoms with Crippen molar-refractivity contribution < 1.29 is 23.1 Å². The first-order chi connectivity index (χ1) is 15.5. The van der Waals surface area contributed by atoms with E-state index in [1.54, 1.807) is 12.1 Å². The van der Waals surface area contributed by atoms with Gasteiger partial charge in [-0.3, -0.25) is 4.57 Å². The van der Waals surface area contributed by atoms with Gasteiger partial charge in [-0.15, -0.1) is 0 Å². The zero-order valence-corrected chi connectivity index (χ0v) is 22.1. The lowest BCUT2D eigenvalue weighted by atomic mass is 9.75. The Morgan fingerprint density at radius 3 is 1.76 bits per heavy atom. The molecule has 0 heterocycles. The van der Waals surface area contributed by atoms with Gasteiger partial charge in [0.15, 0.2) is 5.85 Å². The van der Waals surface area contributed by atoms with Gasteiger partial charge in [0.2, 0.25) is 0 Å². The summed E-state index contributed by atoms with van der Waals surface area (Å²) in [5.74, 6) is -0.154. The largest absolute Gasteiger partial charge is 0.376 e. The number of hydrogen-bond acceptors (Lipinski definition) is 4. The summed E-state index contributed by atoms with van der Waals surface area (Å²) in [6, 6.07) is 5.97. The van der Waals surface area contributed by atoms with E-state index in [4.69, 9.17) is 9.05 Å². The summed E-state index contributed by atoms with van der Waals surface area (Å²) in [4.78, 5) is 0. The highest BCUT2D eigenvalue weighted by molar-refractivity contribution is 7.54. The number of halogens is 1. The fraction of sp³-hybridized carbons (Fsp3) is 0.778. The van der Waals surface area contributed by atoms with E-state index >= 15 is 0 Å². The molecule has 0 aliphatic heterocycles. The fourth-order valence-corrected chi connectivity index (χ4v) is 7.91. The maximum atomic E-state index is 14.7. The monoisotopic (exact) mass is 482 g/mol. The van der Waals surface area contributed by atoms with Crippen molar-refractivity contribution in [2.24, 2.45) is 35.5 Å². The predicted octanol–water partition coefficient (Wildman–Crippen LogP) is 7.96. The molecule has 2 aliphatic carbocycles. The quantitative estimate of drug-likeness (QED) is 0.382. The smallest absolute Gasteiger partial charge is 0.364 e. The number of hydrogen-bond donors (Lipinski definition) is 1. The Bertz CT molecular complexity index is 775. The molecule has 0 radical (unpaired) electrons. The third-order valence-electron chi connectivity index (χ3n) is 7.97. The summed E-state index contributed by atoms with van der Waals surface area (Å²) < 4.78 is 41.9. The first-order valence-electron chi connectivity index (χ1n) is 12.9. The molecule has 0 unspecified atom stereocenters. The van der Waals surface area contributed by atoms with E-state index in [1.807, 2.05) is 0 Å². The van der Waals surface area contributed by atoms with Crippen LogP contribution in [-0.4, -0.2) is 17.3 Å². The lowest BCUT2D eigenvalue weighted by molar-refractivity contribution is -0.0156. The van der Waals surface area contributed by atoms with E-state index in [0.29, 0.717) is 23.7 Å². The topological polar surface area (TPSA) is 55.8 Å². The molecule has 3 rings (SSSR count). The van der Waals surface area contributed by atoms with Crippen LogP contribution in [0.2, 0.25) is 0 Å². The molecule has 1 aromatic rings. The van der Waals surface area contributed by atoms with Crippen LogP contribution in [0.5, 0.6) is 0 Å². The van der Waals surface area contributed by atoms with Crippen molar-refractivity contribution in [1.29, 1.82) is 0 Å². The number of aliphatic hydroxyl groups excluding tert-OH is 1. The number of rotatable bonds is 8. The summed E-state index contributed by atoms with van der Waals surface area (Å²) >= 11 is 0. The van der Waals surface area contributed by atoms with Gasteiger partial charge in [-0.25, -0.2) is 4.39 Å². The Labute approximate surface area is 200 Å². The van der Waals surface area contributed by atoms with Gasteiger partial charge in [0.1, 0.15) is 5.82 Å². The second-order valence-corrected chi connectivity index (χ2v) is 13.4. The Morgan fingerprint density at radius 2 is 1.33 bits per heavy atom. The van der Waals surface area contributed by atoms with Crippen molar-refractivity contribution in [3.8, 4) is 0 Å². The highest BCUT2D eigenvalue weighted by Gasteiger charge is 2.47. The van der Waals surface area contributed by atoms with Crippen LogP contribution in [-0.2, 0) is 13.6 Å². The van der Waals surface area contributed by atoms with E-state index in [2.05, 4.69) is 41.5 Å². The first kappa shape index (κ1) is 26.9. The Hall–Kier alpha value is -0.740. The molecule has 0 saturated heterocycles. The molecule has 7 atom stereocenters. The fourth-order valence-electron chi connectivity index (χ4n) is 5.84. The van der Waals surface area contributed by atoms with Crippen LogP contribution < -0.4 is 0 Å². The molecule has 0 aromatic heterocycles. The predicted molar refractivity (Wildman–Crippen MR) is 131 cm³/mol. The van der Waals surface area contributed by atoms with E-state index in [-0.39, 0.29) is 29.6 Å². The molecule has 2 aliphatic rings. The molecule has 0 bridgehead atoms. The zero-order valence-electron chi connectivity index (χ0n) is 21.2. The standard InChI is InChI=1S/C27H44FO4P/c1-17(2)21-13-11-19(5)15-25(21)31-33(30,27(29)23-9-7-8-10-24(23)28)32-26-16-20(6)12-14-22(26)18(3)4/h7-10,17-22,25-27,29H,11-16H2,1-6H3/t19-,20-,21+,22+,25+,26+,27-/m0/s1. The van der Waals surface area contributed by atoms with Gasteiger partial charge in [0.25, 0.3) is 0 Å². The zero-order chi connectivity index (χ0) is 24.3. The minimum Gasteiger partial charge on any atom is -0.376 e. The molecule has 1 aromatic carbocycles. The maximum Gasteiger partial charge on any atom is 0.364 e. The average Bonchev–Trinajstić information content (AvgIpc) is 2.73. The van der Waals surface area contributed by atoms with Crippen molar-refractivity contribution >= 4 is 7.60 Å². The van der Waals surface area contributed by atoms with Crippen LogP contribution in [0.3, 0.4) is 0 Å². The first-order valence-corrected chi connectivity index (χ1v) is 14.5. The second kappa shape index (κ2) is 11.3. The number of aliphatic hydroxyl groups is 1. The normalized spacial score (nSPS) is 32.3. The van der Waals surface area contributed by atoms with Crippen LogP contribution in [0, 0.1) is 41.3 Å². The Morgan fingerprint density at radius 1 is 0.879 bits per heavy atom. The van der Waals surface area contributed by atoms with Gasteiger partial charge < -0.3 is 14.2 Å². The molecule has 0 amide bonds. The molecule has 0 spiro atoms. The Kier molecular flexibility index (Phi) is 9.22. The second-order valence-electron chi connectivity index (χ2n) is 11.4. The maximum absolute atomic E-state index is 14.7. The molecular formula is C27H44FO4P. The highest BCUT2D eigenvalue weighted by Crippen LogP contribution is 2.64. The molecular weight excluding hydrogens is 438 g/mol. The van der Waals surface area contributed by atoms with Crippen molar-refractivity contribution in [2.45, 2.75) is 98.1 Å². The lowest BCUT2D eigenvalue weighted by Crippen LogP contribution is -2.37. The van der Waals surface area contributed by atoms with Crippen molar-refractivity contribution in [1.82, 2.24) is 0 Å². The molecule has 1 N–H and O–H groups in total.